The Morgan fingerprint density at radius 1 is 1.47 bits per heavy atom. The third kappa shape index (κ3) is 3.10. The Labute approximate surface area is 105 Å². The molecule has 1 aromatic rings. The van der Waals surface area contributed by atoms with Gasteiger partial charge >= 0.3 is 6.18 Å². The van der Waals surface area contributed by atoms with Crippen LogP contribution in [-0.4, -0.2) is 37.0 Å². The van der Waals surface area contributed by atoms with E-state index >= 15 is 0 Å². The van der Waals surface area contributed by atoms with Gasteiger partial charge in [-0.05, 0) is 12.1 Å². The summed E-state index contributed by atoms with van der Waals surface area (Å²) < 4.78 is 43.1. The van der Waals surface area contributed by atoms with E-state index in [1.54, 1.807) is 23.2 Å². The molecule has 1 aliphatic rings. The van der Waals surface area contributed by atoms with E-state index < -0.39 is 12.3 Å². The van der Waals surface area contributed by atoms with Crippen LogP contribution in [0.2, 0.25) is 0 Å². The van der Waals surface area contributed by atoms with E-state index in [2.05, 4.69) is 20.9 Å². The highest BCUT2D eigenvalue weighted by atomic mass is 79.9. The molecule has 7 heteroatoms. The zero-order valence-corrected chi connectivity index (χ0v) is 10.3. The lowest BCUT2D eigenvalue weighted by molar-refractivity contribution is -0.221. The van der Waals surface area contributed by atoms with Gasteiger partial charge in [0.25, 0.3) is 0 Å². The summed E-state index contributed by atoms with van der Waals surface area (Å²) in [6, 6.07) is 3.42. The molecule has 3 nitrogen and oxygen atoms in total. The first-order valence-corrected chi connectivity index (χ1v) is 5.81. The van der Waals surface area contributed by atoms with E-state index in [0.717, 1.165) is 4.47 Å². The maximum Gasteiger partial charge on any atom is 0.416 e. The van der Waals surface area contributed by atoms with Crippen molar-refractivity contribution < 1.29 is 17.9 Å². The van der Waals surface area contributed by atoms with Gasteiger partial charge in [-0.3, -0.25) is 0 Å². The van der Waals surface area contributed by atoms with Crippen LogP contribution in [-0.2, 0) is 4.74 Å². The van der Waals surface area contributed by atoms with Crippen molar-refractivity contribution in [1.82, 2.24) is 4.98 Å². The zero-order chi connectivity index (χ0) is 12.5. The number of anilines is 1. The number of aromatic nitrogens is 1. The Morgan fingerprint density at radius 2 is 2.24 bits per heavy atom. The summed E-state index contributed by atoms with van der Waals surface area (Å²) in [5, 5.41) is 0. The molecule has 0 amide bonds. The minimum absolute atomic E-state index is 0.0539. The summed E-state index contributed by atoms with van der Waals surface area (Å²) in [5.41, 5.74) is 0. The maximum absolute atomic E-state index is 12.5. The number of ether oxygens (including phenoxy) is 1. The monoisotopic (exact) mass is 310 g/mol. The number of alkyl halides is 3. The van der Waals surface area contributed by atoms with Gasteiger partial charge < -0.3 is 9.64 Å². The van der Waals surface area contributed by atoms with Crippen molar-refractivity contribution in [2.24, 2.45) is 0 Å². The lowest BCUT2D eigenvalue weighted by atomic mass is 10.2. The Morgan fingerprint density at radius 3 is 2.88 bits per heavy atom. The molecular formula is C10H10BrF3N2O. The Bertz CT molecular complexity index is 399. The fraction of sp³-hybridized carbons (Fsp3) is 0.500. The van der Waals surface area contributed by atoms with Crippen molar-refractivity contribution in [2.75, 3.05) is 24.6 Å². The smallest absolute Gasteiger partial charge is 0.365 e. The molecule has 17 heavy (non-hydrogen) atoms. The number of nitrogens with zero attached hydrogens (tertiary/aromatic N) is 2. The van der Waals surface area contributed by atoms with Gasteiger partial charge in [-0.25, -0.2) is 4.98 Å². The quantitative estimate of drug-likeness (QED) is 0.797. The van der Waals surface area contributed by atoms with Gasteiger partial charge in [0.2, 0.25) is 0 Å². The molecule has 1 aromatic heterocycles. The number of hydrogen-bond donors (Lipinski definition) is 0. The van der Waals surface area contributed by atoms with Crippen LogP contribution in [0.15, 0.2) is 22.8 Å². The van der Waals surface area contributed by atoms with Crippen molar-refractivity contribution in [1.29, 1.82) is 0 Å². The number of halogens is 4. The summed E-state index contributed by atoms with van der Waals surface area (Å²) in [6.07, 6.45) is -4.51. The predicted octanol–water partition coefficient (Wildman–Crippen LogP) is 2.61. The van der Waals surface area contributed by atoms with Gasteiger partial charge in [-0.2, -0.15) is 13.2 Å². The van der Waals surface area contributed by atoms with Gasteiger partial charge in [-0.1, -0.05) is 15.9 Å². The topological polar surface area (TPSA) is 25.4 Å². The van der Waals surface area contributed by atoms with Gasteiger partial charge in [0.1, 0.15) is 5.82 Å². The number of morpholine rings is 1. The van der Waals surface area contributed by atoms with Crippen molar-refractivity contribution in [2.45, 2.75) is 12.3 Å². The highest BCUT2D eigenvalue weighted by molar-refractivity contribution is 9.10. The largest absolute Gasteiger partial charge is 0.416 e. The number of hydrogen-bond acceptors (Lipinski definition) is 3. The highest BCUT2D eigenvalue weighted by Gasteiger charge is 2.43. The van der Waals surface area contributed by atoms with E-state index in [4.69, 9.17) is 4.74 Å². The predicted molar refractivity (Wildman–Crippen MR) is 59.9 cm³/mol. The first kappa shape index (κ1) is 12.6. The molecule has 0 spiro atoms. The second kappa shape index (κ2) is 4.81. The average molecular weight is 311 g/mol. The van der Waals surface area contributed by atoms with Crippen LogP contribution in [0.25, 0.3) is 0 Å². The maximum atomic E-state index is 12.5. The fourth-order valence-electron chi connectivity index (χ4n) is 1.62. The van der Waals surface area contributed by atoms with Crippen LogP contribution in [0.5, 0.6) is 0 Å². The van der Waals surface area contributed by atoms with Crippen LogP contribution in [0, 0.1) is 0 Å². The van der Waals surface area contributed by atoms with Crippen LogP contribution < -0.4 is 4.90 Å². The highest BCUT2D eigenvalue weighted by Crippen LogP contribution is 2.28. The molecule has 2 rings (SSSR count). The standard InChI is InChI=1S/C10H10BrF3N2O/c11-7-1-2-15-9(5-7)16-3-4-17-8(6-16)10(12,13)14/h1-2,5,8H,3-4,6H2. The molecular weight excluding hydrogens is 301 g/mol. The van der Waals surface area contributed by atoms with Crippen molar-refractivity contribution in [3.8, 4) is 0 Å². The molecule has 1 fully saturated rings. The van der Waals surface area contributed by atoms with Crippen LogP contribution in [0.1, 0.15) is 0 Å². The summed E-state index contributed by atoms with van der Waals surface area (Å²) >= 11 is 3.26. The van der Waals surface area contributed by atoms with Crippen molar-refractivity contribution >= 4 is 21.7 Å². The van der Waals surface area contributed by atoms with Crippen LogP contribution >= 0.6 is 15.9 Å². The molecule has 0 bridgehead atoms. The van der Waals surface area contributed by atoms with E-state index in [1.807, 2.05) is 0 Å². The van der Waals surface area contributed by atoms with E-state index in [0.29, 0.717) is 12.4 Å². The Kier molecular flexibility index (Phi) is 3.58. The molecule has 0 N–H and O–H groups in total. The normalized spacial score (nSPS) is 21.6. The number of rotatable bonds is 1. The van der Waals surface area contributed by atoms with Crippen molar-refractivity contribution in [3.63, 3.8) is 0 Å². The van der Waals surface area contributed by atoms with Crippen molar-refractivity contribution in [3.05, 3.63) is 22.8 Å². The summed E-state index contributed by atoms with van der Waals surface area (Å²) in [7, 11) is 0. The third-order valence-corrected chi connectivity index (χ3v) is 2.96. The first-order chi connectivity index (χ1) is 7.97. The van der Waals surface area contributed by atoms with E-state index in [1.165, 1.54) is 0 Å². The molecule has 2 heterocycles. The molecule has 1 saturated heterocycles. The Hall–Kier alpha value is -0.820. The molecule has 1 atom stereocenters. The molecule has 1 unspecified atom stereocenters. The average Bonchev–Trinajstić information content (AvgIpc) is 2.28. The third-order valence-electron chi connectivity index (χ3n) is 2.46. The zero-order valence-electron chi connectivity index (χ0n) is 8.75. The fourth-order valence-corrected chi connectivity index (χ4v) is 1.94. The van der Waals surface area contributed by atoms with Gasteiger partial charge in [-0.15, -0.1) is 0 Å². The minimum Gasteiger partial charge on any atom is -0.365 e. The molecule has 0 aliphatic carbocycles. The molecule has 0 radical (unpaired) electrons. The van der Waals surface area contributed by atoms with E-state index in [9.17, 15) is 13.2 Å². The lowest BCUT2D eigenvalue weighted by Gasteiger charge is -2.34. The molecule has 94 valence electrons. The van der Waals surface area contributed by atoms with Gasteiger partial charge in [0.05, 0.1) is 13.2 Å². The van der Waals surface area contributed by atoms with Crippen LogP contribution in [0.4, 0.5) is 19.0 Å². The second-order valence-electron chi connectivity index (χ2n) is 3.68. The summed E-state index contributed by atoms with van der Waals surface area (Å²) in [4.78, 5) is 5.63. The summed E-state index contributed by atoms with van der Waals surface area (Å²) in [5.74, 6) is 0.525. The van der Waals surface area contributed by atoms with Crippen LogP contribution in [0.3, 0.4) is 0 Å². The SMILES string of the molecule is FC(F)(F)C1CN(c2cc(Br)ccn2)CCO1. The Balaban J connectivity index is 2.12. The molecule has 1 aliphatic heterocycles. The molecule has 0 aromatic carbocycles. The van der Waals surface area contributed by atoms with E-state index in [-0.39, 0.29) is 13.2 Å². The van der Waals surface area contributed by atoms with Gasteiger partial charge in [0.15, 0.2) is 6.10 Å². The lowest BCUT2D eigenvalue weighted by Crippen LogP contribution is -2.49. The van der Waals surface area contributed by atoms with Gasteiger partial charge in [0, 0.05) is 17.2 Å². The minimum atomic E-state index is -4.33. The molecule has 0 saturated carbocycles. The first-order valence-electron chi connectivity index (χ1n) is 5.01. The number of pyridine rings is 1. The second-order valence-corrected chi connectivity index (χ2v) is 4.59. The summed E-state index contributed by atoms with van der Waals surface area (Å²) in [6.45, 7) is 0.251.